The highest BCUT2D eigenvalue weighted by molar-refractivity contribution is 8.00. The van der Waals surface area contributed by atoms with E-state index in [1.54, 1.807) is 35.5 Å². The molecule has 0 fully saturated rings. The number of nitrogens with one attached hydrogen (secondary N) is 4. The fraction of sp³-hybridized carbons (Fsp3) is 0.300. The van der Waals surface area contributed by atoms with Crippen molar-refractivity contribution in [1.29, 1.82) is 0 Å². The first-order chi connectivity index (χ1) is 19.6. The lowest BCUT2D eigenvalue weighted by Gasteiger charge is -2.27. The third-order valence-corrected chi connectivity index (χ3v) is 8.31. The molecule has 9 nitrogen and oxygen atoms in total. The van der Waals surface area contributed by atoms with Crippen LogP contribution in [0.1, 0.15) is 19.4 Å². The van der Waals surface area contributed by atoms with E-state index in [-0.39, 0.29) is 18.5 Å². The molecule has 0 saturated heterocycles. The van der Waals surface area contributed by atoms with Gasteiger partial charge in [-0.25, -0.2) is 9.59 Å². The van der Waals surface area contributed by atoms with Crippen molar-refractivity contribution in [2.45, 2.75) is 41.8 Å². The number of rotatable bonds is 8. The van der Waals surface area contributed by atoms with E-state index in [0.717, 1.165) is 32.2 Å². The predicted octanol–water partition coefficient (Wildman–Crippen LogP) is 4.87. The molecule has 0 radical (unpaired) electrons. The normalized spacial score (nSPS) is 15.0. The average Bonchev–Trinajstić information content (AvgIpc) is 3.08. The third kappa shape index (κ3) is 7.96. The Balaban J connectivity index is 1.59. The fourth-order valence-corrected chi connectivity index (χ4v) is 5.92. The number of thioether (sulfide) groups is 2. The lowest BCUT2D eigenvalue weighted by atomic mass is 10.0. The maximum absolute atomic E-state index is 13.9. The number of nitrogens with zero attached hydrogens (tertiary/aromatic N) is 1. The largest absolute Gasteiger partial charge is 0.341 e. The number of carbonyl (C=O) groups is 3. The van der Waals surface area contributed by atoms with Crippen LogP contribution in [0.15, 0.2) is 76.5 Å². The summed E-state index contributed by atoms with van der Waals surface area (Å²) in [5, 5.41) is 11.1. The van der Waals surface area contributed by atoms with Crippen molar-refractivity contribution in [3.8, 4) is 11.1 Å². The molecule has 11 heteroatoms. The average molecular weight is 593 g/mol. The summed E-state index contributed by atoms with van der Waals surface area (Å²) in [5.41, 5.74) is 9.69. The van der Waals surface area contributed by atoms with Gasteiger partial charge in [0.1, 0.15) is 6.04 Å². The summed E-state index contributed by atoms with van der Waals surface area (Å²) < 4.78 is 0. The molecule has 1 aliphatic heterocycles. The zero-order valence-electron chi connectivity index (χ0n) is 23.6. The standard InChI is InChI=1S/C30H36N6O3S2/c1-30(2,31)18-33-29(39)35-24-17-41-26-15-21(40-4)13-14-25(26)36(27(24)37)16-19-9-11-20(12-10-19)22-7-5-6-8-23(22)34-28(38)32-3/h5-15,24H,16-18,31H2,1-4H3,(H2,32,34,38)(H2,33,35,39). The molecule has 41 heavy (non-hydrogen) atoms. The van der Waals surface area contributed by atoms with Gasteiger partial charge in [-0.2, -0.15) is 0 Å². The molecule has 0 spiro atoms. The van der Waals surface area contributed by atoms with E-state index in [1.807, 2.05) is 80.8 Å². The van der Waals surface area contributed by atoms with Crippen LogP contribution in [0.5, 0.6) is 0 Å². The van der Waals surface area contributed by atoms with Crippen LogP contribution in [0.3, 0.4) is 0 Å². The highest BCUT2D eigenvalue weighted by Gasteiger charge is 2.32. The van der Waals surface area contributed by atoms with Gasteiger partial charge in [-0.05, 0) is 55.5 Å². The van der Waals surface area contributed by atoms with Crippen molar-refractivity contribution >= 4 is 52.9 Å². The van der Waals surface area contributed by atoms with E-state index in [1.165, 1.54) is 0 Å². The molecular formula is C30H36N6O3S2. The SMILES string of the molecule is CNC(=O)Nc1ccccc1-c1ccc(CN2C(=O)C(NC(=O)NCC(C)(C)N)CSc3cc(SC)ccc32)cc1. The number of urea groups is 2. The van der Waals surface area contributed by atoms with Crippen LogP contribution in [-0.2, 0) is 11.3 Å². The second kappa shape index (κ2) is 13.3. The quantitative estimate of drug-likeness (QED) is 0.238. The molecule has 3 aromatic rings. The van der Waals surface area contributed by atoms with Gasteiger partial charge >= 0.3 is 12.1 Å². The maximum Gasteiger partial charge on any atom is 0.318 e. The Labute approximate surface area is 249 Å². The van der Waals surface area contributed by atoms with Crippen LogP contribution in [0, 0.1) is 0 Å². The van der Waals surface area contributed by atoms with Gasteiger partial charge in [-0.1, -0.05) is 42.5 Å². The molecule has 0 bridgehead atoms. The number of hydrogen-bond acceptors (Lipinski definition) is 6. The molecule has 1 unspecified atom stereocenters. The number of benzene rings is 3. The zero-order valence-corrected chi connectivity index (χ0v) is 25.2. The lowest BCUT2D eigenvalue weighted by Crippen LogP contribution is -2.54. The number of amides is 5. The highest BCUT2D eigenvalue weighted by Crippen LogP contribution is 2.38. The van der Waals surface area contributed by atoms with Crippen molar-refractivity contribution in [3.63, 3.8) is 0 Å². The molecule has 5 amide bonds. The monoisotopic (exact) mass is 592 g/mol. The van der Waals surface area contributed by atoms with Gasteiger partial charge in [0.25, 0.3) is 5.91 Å². The Bertz CT molecular complexity index is 1410. The third-order valence-electron chi connectivity index (χ3n) is 6.45. The van der Waals surface area contributed by atoms with Crippen LogP contribution in [0.25, 0.3) is 11.1 Å². The molecule has 1 aliphatic rings. The highest BCUT2D eigenvalue weighted by atomic mass is 32.2. The minimum atomic E-state index is -0.715. The molecule has 0 aromatic heterocycles. The summed E-state index contributed by atoms with van der Waals surface area (Å²) in [6.45, 7) is 4.26. The smallest absolute Gasteiger partial charge is 0.318 e. The fourth-order valence-electron chi connectivity index (χ4n) is 4.30. The number of hydrogen-bond donors (Lipinski definition) is 5. The summed E-state index contributed by atoms with van der Waals surface area (Å²) in [7, 11) is 1.57. The number of anilines is 2. The number of nitrogens with two attached hydrogens (primary N) is 1. The summed E-state index contributed by atoms with van der Waals surface area (Å²) in [5.74, 6) is 0.229. The van der Waals surface area contributed by atoms with Gasteiger partial charge in [-0.15, -0.1) is 23.5 Å². The van der Waals surface area contributed by atoms with Crippen molar-refractivity contribution in [1.82, 2.24) is 16.0 Å². The van der Waals surface area contributed by atoms with E-state index < -0.39 is 17.6 Å². The maximum atomic E-state index is 13.9. The minimum Gasteiger partial charge on any atom is -0.341 e. The van der Waals surface area contributed by atoms with E-state index in [4.69, 9.17) is 5.73 Å². The van der Waals surface area contributed by atoms with Gasteiger partial charge in [0, 0.05) is 40.2 Å². The number of fused-ring (bicyclic) bond motifs is 1. The van der Waals surface area contributed by atoms with Gasteiger partial charge in [0.2, 0.25) is 0 Å². The van der Waals surface area contributed by atoms with Crippen molar-refractivity contribution < 1.29 is 14.4 Å². The lowest BCUT2D eigenvalue weighted by molar-refractivity contribution is -0.120. The minimum absolute atomic E-state index is 0.181. The molecule has 216 valence electrons. The molecular weight excluding hydrogens is 557 g/mol. The Morgan fingerprint density at radius 3 is 2.49 bits per heavy atom. The topological polar surface area (TPSA) is 129 Å². The van der Waals surface area contributed by atoms with E-state index >= 15 is 0 Å². The van der Waals surface area contributed by atoms with Gasteiger partial charge < -0.3 is 31.9 Å². The predicted molar refractivity (Wildman–Crippen MR) is 169 cm³/mol. The second-order valence-corrected chi connectivity index (χ2v) is 12.3. The Kier molecular flexibility index (Phi) is 9.85. The van der Waals surface area contributed by atoms with E-state index in [0.29, 0.717) is 18.0 Å². The van der Waals surface area contributed by atoms with Gasteiger partial charge in [0.15, 0.2) is 0 Å². The molecule has 6 N–H and O–H groups in total. The molecule has 4 rings (SSSR count). The summed E-state index contributed by atoms with van der Waals surface area (Å²) in [6, 6.07) is 20.1. The van der Waals surface area contributed by atoms with E-state index in [9.17, 15) is 14.4 Å². The number of carbonyl (C=O) groups excluding carboxylic acids is 3. The Morgan fingerprint density at radius 1 is 1.07 bits per heavy atom. The molecule has 0 saturated carbocycles. The molecule has 3 aromatic carbocycles. The molecule has 1 atom stereocenters. The Morgan fingerprint density at radius 2 is 1.80 bits per heavy atom. The van der Waals surface area contributed by atoms with Crippen LogP contribution in [0.2, 0.25) is 0 Å². The van der Waals surface area contributed by atoms with Crippen LogP contribution in [-0.4, -0.2) is 55.2 Å². The van der Waals surface area contributed by atoms with Gasteiger partial charge in [0.05, 0.1) is 17.9 Å². The van der Waals surface area contributed by atoms with Crippen LogP contribution in [0.4, 0.5) is 21.0 Å². The zero-order chi connectivity index (χ0) is 29.6. The summed E-state index contributed by atoms with van der Waals surface area (Å²) in [4.78, 5) is 42.3. The molecule has 1 heterocycles. The van der Waals surface area contributed by atoms with Crippen LogP contribution >= 0.6 is 23.5 Å². The summed E-state index contributed by atoms with van der Waals surface area (Å²) >= 11 is 3.20. The van der Waals surface area contributed by atoms with Gasteiger partial charge in [-0.3, -0.25) is 4.79 Å². The first-order valence-corrected chi connectivity index (χ1v) is 15.4. The second-order valence-electron chi connectivity index (χ2n) is 10.4. The van der Waals surface area contributed by atoms with Crippen molar-refractivity contribution in [2.75, 3.05) is 35.8 Å². The first-order valence-electron chi connectivity index (χ1n) is 13.2. The Hall–Kier alpha value is -3.67. The molecule has 0 aliphatic carbocycles. The van der Waals surface area contributed by atoms with Crippen molar-refractivity contribution in [2.24, 2.45) is 5.73 Å². The van der Waals surface area contributed by atoms with Crippen LogP contribution < -0.4 is 31.9 Å². The first kappa shape index (κ1) is 30.3. The van der Waals surface area contributed by atoms with Crippen molar-refractivity contribution in [3.05, 3.63) is 72.3 Å². The summed E-state index contributed by atoms with van der Waals surface area (Å²) in [6.07, 6.45) is 2.02. The number of para-hydroxylation sites is 1. The van der Waals surface area contributed by atoms with E-state index in [2.05, 4.69) is 27.3 Å².